The standard InChI is InChI=1S/C16H22INO5S/c1-3-23-15(20)16(10-17)11-18(9-8-14(16)19)24(21,22)13-6-4-12(2)5-7-13/h4-7,14,19H,3,8-11H2,1-2H3/t14-,16+/m1/s1. The van der Waals surface area contributed by atoms with Crippen molar-refractivity contribution < 1.29 is 23.1 Å². The Morgan fingerprint density at radius 3 is 2.58 bits per heavy atom. The Hall–Kier alpha value is -0.710. The number of esters is 1. The number of hydrogen-bond donors (Lipinski definition) is 1. The highest BCUT2D eigenvalue weighted by atomic mass is 127. The molecule has 1 aliphatic rings. The van der Waals surface area contributed by atoms with Gasteiger partial charge in [0.05, 0.1) is 17.6 Å². The third kappa shape index (κ3) is 3.61. The number of aliphatic hydroxyl groups excluding tert-OH is 1. The van der Waals surface area contributed by atoms with Gasteiger partial charge in [-0.3, -0.25) is 4.79 Å². The second-order valence-electron chi connectivity index (χ2n) is 5.97. The first-order chi connectivity index (χ1) is 11.3. The number of ether oxygens (including phenoxy) is 1. The number of halogens is 1. The maximum absolute atomic E-state index is 12.9. The fraction of sp³-hybridized carbons (Fsp3) is 0.562. The number of aryl methyl sites for hydroxylation is 1. The van der Waals surface area contributed by atoms with E-state index in [1.807, 2.05) is 29.5 Å². The molecule has 0 radical (unpaired) electrons. The third-order valence-corrected chi connectivity index (χ3v) is 7.55. The summed E-state index contributed by atoms with van der Waals surface area (Å²) < 4.78 is 32.4. The zero-order chi connectivity index (χ0) is 18.0. The predicted molar refractivity (Wildman–Crippen MR) is 98.5 cm³/mol. The fourth-order valence-electron chi connectivity index (χ4n) is 2.77. The summed E-state index contributed by atoms with van der Waals surface area (Å²) in [6, 6.07) is 6.60. The second kappa shape index (κ2) is 7.67. The van der Waals surface area contributed by atoms with Crippen molar-refractivity contribution >= 4 is 38.6 Å². The van der Waals surface area contributed by atoms with Gasteiger partial charge < -0.3 is 9.84 Å². The van der Waals surface area contributed by atoms with Gasteiger partial charge in [0.1, 0.15) is 5.41 Å². The molecule has 1 fully saturated rings. The molecule has 1 aromatic carbocycles. The zero-order valence-corrected chi connectivity index (χ0v) is 16.7. The highest BCUT2D eigenvalue weighted by molar-refractivity contribution is 14.1. The maximum Gasteiger partial charge on any atom is 0.316 e. The summed E-state index contributed by atoms with van der Waals surface area (Å²) >= 11 is 2.00. The molecule has 0 aromatic heterocycles. The monoisotopic (exact) mass is 467 g/mol. The molecule has 8 heteroatoms. The van der Waals surface area contributed by atoms with Crippen molar-refractivity contribution in [3.63, 3.8) is 0 Å². The van der Waals surface area contributed by atoms with Gasteiger partial charge in [0, 0.05) is 17.5 Å². The minimum atomic E-state index is -3.72. The largest absolute Gasteiger partial charge is 0.465 e. The molecular formula is C16H22INO5S. The summed E-state index contributed by atoms with van der Waals surface area (Å²) in [5, 5.41) is 10.4. The normalized spacial score (nSPS) is 25.4. The van der Waals surface area contributed by atoms with Crippen LogP contribution in [0.5, 0.6) is 0 Å². The first kappa shape index (κ1) is 19.6. The molecule has 2 rings (SSSR count). The number of aliphatic hydroxyl groups is 1. The van der Waals surface area contributed by atoms with Crippen LogP contribution >= 0.6 is 22.6 Å². The van der Waals surface area contributed by atoms with Crippen molar-refractivity contribution in [2.24, 2.45) is 5.41 Å². The molecule has 1 saturated heterocycles. The van der Waals surface area contributed by atoms with E-state index in [-0.39, 0.29) is 35.4 Å². The van der Waals surface area contributed by atoms with Crippen molar-refractivity contribution in [2.45, 2.75) is 31.3 Å². The van der Waals surface area contributed by atoms with Crippen LogP contribution < -0.4 is 0 Å². The van der Waals surface area contributed by atoms with E-state index >= 15 is 0 Å². The number of alkyl halides is 1. The lowest BCUT2D eigenvalue weighted by molar-refractivity contribution is -0.164. The number of carbonyl (C=O) groups excluding carboxylic acids is 1. The summed E-state index contributed by atoms with van der Waals surface area (Å²) in [5.41, 5.74) is -0.261. The van der Waals surface area contributed by atoms with E-state index in [1.54, 1.807) is 31.2 Å². The van der Waals surface area contributed by atoms with E-state index in [0.717, 1.165) is 5.56 Å². The molecule has 0 aliphatic carbocycles. The van der Waals surface area contributed by atoms with E-state index in [9.17, 15) is 18.3 Å². The average Bonchev–Trinajstić information content (AvgIpc) is 2.56. The molecule has 0 spiro atoms. The van der Waals surface area contributed by atoms with E-state index in [0.29, 0.717) is 0 Å². The Labute approximate surface area is 156 Å². The SMILES string of the molecule is CCOC(=O)[C@@]1(CI)CN(S(=O)(=O)c2ccc(C)cc2)CC[C@H]1O. The van der Waals surface area contributed by atoms with Crippen molar-refractivity contribution in [1.29, 1.82) is 0 Å². The Morgan fingerprint density at radius 2 is 2.04 bits per heavy atom. The van der Waals surface area contributed by atoms with E-state index < -0.39 is 27.5 Å². The molecule has 134 valence electrons. The van der Waals surface area contributed by atoms with Crippen molar-refractivity contribution in [1.82, 2.24) is 4.31 Å². The van der Waals surface area contributed by atoms with Crippen LogP contribution in [0.2, 0.25) is 0 Å². The molecule has 1 aliphatic heterocycles. The third-order valence-electron chi connectivity index (χ3n) is 4.33. The zero-order valence-electron chi connectivity index (χ0n) is 13.7. The van der Waals surface area contributed by atoms with Gasteiger partial charge in [0.25, 0.3) is 0 Å². The van der Waals surface area contributed by atoms with Crippen LogP contribution in [0.4, 0.5) is 0 Å². The van der Waals surface area contributed by atoms with Crippen molar-refractivity contribution in [3.8, 4) is 0 Å². The molecule has 24 heavy (non-hydrogen) atoms. The number of benzene rings is 1. The highest BCUT2D eigenvalue weighted by Gasteiger charge is 2.51. The molecule has 0 saturated carbocycles. The fourth-order valence-corrected chi connectivity index (χ4v) is 5.35. The van der Waals surface area contributed by atoms with Crippen LogP contribution in [0.1, 0.15) is 18.9 Å². The summed E-state index contributed by atoms with van der Waals surface area (Å²) in [6.07, 6.45) is -0.717. The number of nitrogens with zero attached hydrogens (tertiary/aromatic N) is 1. The Bertz CT molecular complexity index is 691. The summed E-state index contributed by atoms with van der Waals surface area (Å²) in [7, 11) is -3.72. The Balaban J connectivity index is 2.35. The average molecular weight is 467 g/mol. The minimum Gasteiger partial charge on any atom is -0.465 e. The molecule has 2 atom stereocenters. The molecule has 6 nitrogen and oxygen atoms in total. The van der Waals surface area contributed by atoms with Crippen molar-refractivity contribution in [3.05, 3.63) is 29.8 Å². The van der Waals surface area contributed by atoms with Gasteiger partial charge in [-0.05, 0) is 32.4 Å². The van der Waals surface area contributed by atoms with Gasteiger partial charge in [-0.2, -0.15) is 4.31 Å². The minimum absolute atomic E-state index is 0.0772. The van der Waals surface area contributed by atoms with Crippen molar-refractivity contribution in [2.75, 3.05) is 24.1 Å². The van der Waals surface area contributed by atoms with Gasteiger partial charge in [0.15, 0.2) is 0 Å². The topological polar surface area (TPSA) is 83.9 Å². The van der Waals surface area contributed by atoms with Gasteiger partial charge in [-0.1, -0.05) is 40.3 Å². The number of rotatable bonds is 5. The van der Waals surface area contributed by atoms with Gasteiger partial charge >= 0.3 is 5.97 Å². The lowest BCUT2D eigenvalue weighted by atomic mass is 9.80. The first-order valence-corrected chi connectivity index (χ1v) is 10.7. The van der Waals surface area contributed by atoms with E-state index in [2.05, 4.69) is 0 Å². The van der Waals surface area contributed by atoms with Crippen LogP contribution in [0, 0.1) is 12.3 Å². The highest BCUT2D eigenvalue weighted by Crippen LogP contribution is 2.36. The first-order valence-electron chi connectivity index (χ1n) is 7.76. The van der Waals surface area contributed by atoms with Crippen LogP contribution in [-0.2, 0) is 19.6 Å². The predicted octanol–water partition coefficient (Wildman–Crippen LogP) is 1.73. The molecular weight excluding hydrogens is 445 g/mol. The molecule has 0 bridgehead atoms. The Morgan fingerprint density at radius 1 is 1.42 bits per heavy atom. The molecule has 1 heterocycles. The second-order valence-corrected chi connectivity index (χ2v) is 8.67. The van der Waals surface area contributed by atoms with Gasteiger partial charge in [-0.15, -0.1) is 0 Å². The number of carbonyl (C=O) groups is 1. The maximum atomic E-state index is 12.9. The quantitative estimate of drug-likeness (QED) is 0.405. The lowest BCUT2D eigenvalue weighted by Gasteiger charge is -2.42. The molecule has 0 amide bonds. The smallest absolute Gasteiger partial charge is 0.316 e. The van der Waals surface area contributed by atoms with Crippen LogP contribution in [0.3, 0.4) is 0 Å². The number of sulfonamides is 1. The summed E-state index contributed by atoms with van der Waals surface area (Å²) in [4.78, 5) is 12.6. The van der Waals surface area contributed by atoms with Gasteiger partial charge in [0.2, 0.25) is 10.0 Å². The summed E-state index contributed by atoms with van der Waals surface area (Å²) in [5.74, 6) is -0.546. The van der Waals surface area contributed by atoms with Crippen LogP contribution in [0.15, 0.2) is 29.2 Å². The number of hydrogen-bond acceptors (Lipinski definition) is 5. The Kier molecular flexibility index (Phi) is 6.27. The van der Waals surface area contributed by atoms with E-state index in [1.165, 1.54) is 4.31 Å². The molecule has 1 aromatic rings. The van der Waals surface area contributed by atoms with Gasteiger partial charge in [-0.25, -0.2) is 8.42 Å². The number of piperidine rings is 1. The van der Waals surface area contributed by atoms with Crippen LogP contribution in [-0.4, -0.2) is 54.0 Å². The van der Waals surface area contributed by atoms with Crippen LogP contribution in [0.25, 0.3) is 0 Å². The van der Waals surface area contributed by atoms with E-state index in [4.69, 9.17) is 4.74 Å². The molecule has 0 unspecified atom stereocenters. The summed E-state index contributed by atoms with van der Waals surface area (Å²) in [6.45, 7) is 3.86. The molecule has 1 N–H and O–H groups in total. The lowest BCUT2D eigenvalue weighted by Crippen LogP contribution is -2.58.